The number of hydrogen-bond acceptors (Lipinski definition) is 5. The van der Waals surface area contributed by atoms with Crippen molar-refractivity contribution in [2.45, 2.75) is 0 Å². The number of hydrogen-bond donors (Lipinski definition) is 0. The number of carbonyl (C=O) groups is 1. The Balaban J connectivity index is 4.01. The van der Waals surface area contributed by atoms with Crippen molar-refractivity contribution in [3.05, 3.63) is 24.6 Å². The maximum absolute atomic E-state index is 10.5. The summed E-state index contributed by atoms with van der Waals surface area (Å²) < 4.78 is 29.1. The number of carbonyl (C=O) groups excluding carboxylic acids is 1. The van der Waals surface area contributed by atoms with Gasteiger partial charge in [0.2, 0.25) is 0 Å². The average Bonchev–Trinajstić information content (AvgIpc) is 2.00. The molecular formula is C6H8O5S. The van der Waals surface area contributed by atoms with Gasteiger partial charge in [0.25, 0.3) is 0 Å². The summed E-state index contributed by atoms with van der Waals surface area (Å²) in [5.74, 6) is 0. The Hall–Kier alpha value is -1.30. The molecule has 0 spiro atoms. The van der Waals surface area contributed by atoms with Gasteiger partial charge in [-0.25, -0.2) is 4.79 Å². The monoisotopic (exact) mass is 192 g/mol. The molecule has 0 saturated carbocycles. The normalized spacial score (nSPS) is 10.0. The van der Waals surface area contributed by atoms with E-state index in [2.05, 4.69) is 22.1 Å². The van der Waals surface area contributed by atoms with Crippen molar-refractivity contribution in [2.75, 3.05) is 6.61 Å². The van der Waals surface area contributed by atoms with Crippen LogP contribution in [-0.2, 0) is 19.0 Å². The van der Waals surface area contributed by atoms with Gasteiger partial charge in [0.15, 0.2) is 0 Å². The zero-order valence-electron chi connectivity index (χ0n) is 6.23. The smallest absolute Gasteiger partial charge is 0.429 e. The van der Waals surface area contributed by atoms with E-state index >= 15 is 0 Å². The quantitative estimate of drug-likeness (QED) is 0.374. The highest BCUT2D eigenvalue weighted by Gasteiger charge is 2.12. The fraction of sp³-hybridized carbons (Fsp3) is 0.167. The Morgan fingerprint density at radius 3 is 2.42 bits per heavy atom. The summed E-state index contributed by atoms with van der Waals surface area (Å²) in [4.78, 5) is 10.5. The van der Waals surface area contributed by atoms with Crippen LogP contribution in [0.3, 0.4) is 0 Å². The van der Waals surface area contributed by atoms with Gasteiger partial charge in [-0.2, -0.15) is 8.42 Å². The molecule has 5 nitrogen and oxygen atoms in total. The van der Waals surface area contributed by atoms with Gasteiger partial charge in [-0.05, 0) is 0 Å². The average molecular weight is 192 g/mol. The lowest BCUT2D eigenvalue weighted by atomic mass is 10.7. The molecule has 0 fully saturated rings. The van der Waals surface area contributed by atoms with Crippen LogP contribution < -0.4 is 0 Å². The van der Waals surface area contributed by atoms with Crippen LogP contribution in [0.5, 0.6) is 0 Å². The lowest BCUT2D eigenvalue weighted by Crippen LogP contribution is -2.11. The minimum atomic E-state index is -3.99. The van der Waals surface area contributed by atoms with Crippen LogP contribution in [0.1, 0.15) is 0 Å². The third-order valence-corrected chi connectivity index (χ3v) is 1.48. The SMILES string of the molecule is C=CCOC(=O)OS(=O)(=O)C=C. The van der Waals surface area contributed by atoms with Crippen molar-refractivity contribution in [1.82, 2.24) is 0 Å². The number of ether oxygens (including phenoxy) is 1. The molecule has 0 amide bonds. The molecule has 0 bridgehead atoms. The summed E-state index contributed by atoms with van der Waals surface area (Å²) in [6.45, 7) is 6.07. The van der Waals surface area contributed by atoms with Crippen LogP contribution in [0, 0.1) is 0 Å². The molecule has 0 aromatic carbocycles. The molecule has 0 N–H and O–H groups in total. The predicted molar refractivity (Wildman–Crippen MR) is 41.7 cm³/mol. The highest BCUT2D eigenvalue weighted by atomic mass is 32.2. The number of rotatable bonds is 4. The molecule has 68 valence electrons. The van der Waals surface area contributed by atoms with E-state index in [0.717, 1.165) is 0 Å². The largest absolute Gasteiger partial charge is 0.524 e. The summed E-state index contributed by atoms with van der Waals surface area (Å²) in [6, 6.07) is 0. The van der Waals surface area contributed by atoms with E-state index in [1.807, 2.05) is 0 Å². The first-order valence-electron chi connectivity index (χ1n) is 2.86. The van der Waals surface area contributed by atoms with Crippen molar-refractivity contribution >= 4 is 16.3 Å². The molecule has 0 aliphatic rings. The van der Waals surface area contributed by atoms with Gasteiger partial charge in [0.05, 0.1) is 5.41 Å². The van der Waals surface area contributed by atoms with Gasteiger partial charge in [-0.3, -0.25) is 0 Å². The third kappa shape index (κ3) is 4.51. The van der Waals surface area contributed by atoms with Crippen molar-refractivity contribution in [3.63, 3.8) is 0 Å². The first-order chi connectivity index (χ1) is 5.52. The van der Waals surface area contributed by atoms with Crippen molar-refractivity contribution in [3.8, 4) is 0 Å². The first kappa shape index (κ1) is 10.7. The zero-order valence-corrected chi connectivity index (χ0v) is 7.04. The van der Waals surface area contributed by atoms with E-state index in [4.69, 9.17) is 0 Å². The molecule has 12 heavy (non-hydrogen) atoms. The van der Waals surface area contributed by atoms with Crippen LogP contribution in [0.15, 0.2) is 24.6 Å². The lowest BCUT2D eigenvalue weighted by molar-refractivity contribution is 0.113. The molecule has 0 aromatic rings. The fourth-order valence-corrected chi connectivity index (χ4v) is 0.586. The Morgan fingerprint density at radius 1 is 1.42 bits per heavy atom. The van der Waals surface area contributed by atoms with Gasteiger partial charge in [0.1, 0.15) is 6.61 Å². The predicted octanol–water partition coefficient (Wildman–Crippen LogP) is 0.799. The third-order valence-electron chi connectivity index (χ3n) is 0.707. The van der Waals surface area contributed by atoms with Crippen LogP contribution in [0.25, 0.3) is 0 Å². The topological polar surface area (TPSA) is 69.7 Å². The van der Waals surface area contributed by atoms with Gasteiger partial charge < -0.3 is 8.92 Å². The summed E-state index contributed by atoms with van der Waals surface area (Å²) in [5, 5.41) is 0.502. The molecule has 0 heterocycles. The summed E-state index contributed by atoms with van der Waals surface area (Å²) in [7, 11) is -3.99. The maximum atomic E-state index is 10.5. The van der Waals surface area contributed by atoms with E-state index in [9.17, 15) is 13.2 Å². The second kappa shape index (κ2) is 4.55. The van der Waals surface area contributed by atoms with E-state index < -0.39 is 16.3 Å². The van der Waals surface area contributed by atoms with Crippen LogP contribution >= 0.6 is 0 Å². The Kier molecular flexibility index (Phi) is 4.06. The van der Waals surface area contributed by atoms with E-state index in [0.29, 0.717) is 5.41 Å². The Morgan fingerprint density at radius 2 is 2.00 bits per heavy atom. The molecule has 0 aliphatic heterocycles. The Bertz CT molecular complexity index is 276. The van der Waals surface area contributed by atoms with Crippen LogP contribution in [0.2, 0.25) is 0 Å². The lowest BCUT2D eigenvalue weighted by Gasteiger charge is -2.00. The minimum Gasteiger partial charge on any atom is -0.429 e. The molecule has 6 heteroatoms. The van der Waals surface area contributed by atoms with Gasteiger partial charge >= 0.3 is 16.3 Å². The van der Waals surface area contributed by atoms with E-state index in [1.165, 1.54) is 6.08 Å². The second-order valence-corrected chi connectivity index (χ2v) is 3.08. The summed E-state index contributed by atoms with van der Waals surface area (Å²) in [5.41, 5.74) is 0. The van der Waals surface area contributed by atoms with Gasteiger partial charge in [0, 0.05) is 0 Å². The standard InChI is InChI=1S/C6H8O5S/c1-3-5-10-6(7)11-12(8,9)4-2/h3-4H,1-2,5H2. The molecule has 0 atom stereocenters. The van der Waals surface area contributed by atoms with E-state index in [-0.39, 0.29) is 6.61 Å². The zero-order chi connectivity index (χ0) is 9.61. The molecule has 0 rings (SSSR count). The minimum absolute atomic E-state index is 0.106. The molecule has 0 saturated heterocycles. The highest BCUT2D eigenvalue weighted by Crippen LogP contribution is 1.96. The van der Waals surface area contributed by atoms with E-state index in [1.54, 1.807) is 0 Å². The first-order valence-corrected chi connectivity index (χ1v) is 4.33. The molecule has 0 aromatic heterocycles. The molecule has 0 radical (unpaired) electrons. The van der Waals surface area contributed by atoms with Crippen LogP contribution in [0.4, 0.5) is 4.79 Å². The van der Waals surface area contributed by atoms with Crippen molar-refractivity contribution in [2.24, 2.45) is 0 Å². The van der Waals surface area contributed by atoms with Crippen molar-refractivity contribution in [1.29, 1.82) is 0 Å². The molecular weight excluding hydrogens is 184 g/mol. The van der Waals surface area contributed by atoms with Gasteiger partial charge in [-0.15, -0.1) is 0 Å². The molecule has 0 aliphatic carbocycles. The van der Waals surface area contributed by atoms with Gasteiger partial charge in [-0.1, -0.05) is 19.2 Å². The second-order valence-electron chi connectivity index (χ2n) is 1.59. The maximum Gasteiger partial charge on any atom is 0.524 e. The highest BCUT2D eigenvalue weighted by molar-refractivity contribution is 7.90. The van der Waals surface area contributed by atoms with Crippen LogP contribution in [-0.4, -0.2) is 21.2 Å². The molecule has 0 unspecified atom stereocenters. The summed E-state index contributed by atoms with van der Waals surface area (Å²) in [6.07, 6.45) is -0.0169. The van der Waals surface area contributed by atoms with Crippen molar-refractivity contribution < 1.29 is 22.1 Å². The summed E-state index contributed by atoms with van der Waals surface area (Å²) >= 11 is 0. The Labute approximate surface area is 70.4 Å². The fourth-order valence-electron chi connectivity index (χ4n) is 0.280.